The van der Waals surface area contributed by atoms with Gasteiger partial charge in [0.05, 0.1) is 0 Å². The summed E-state index contributed by atoms with van der Waals surface area (Å²) in [6.07, 6.45) is 4.72. The quantitative estimate of drug-likeness (QED) is 0.703. The molecule has 0 aliphatic heterocycles. The molecule has 0 atom stereocenters. The first-order valence-electron chi connectivity index (χ1n) is 7.28. The Balaban J connectivity index is 1.45. The predicted octanol–water partition coefficient (Wildman–Crippen LogP) is 4.66. The van der Waals surface area contributed by atoms with Gasteiger partial charge in [-0.1, -0.05) is 24.3 Å². The Hall–Kier alpha value is -2.22. The van der Waals surface area contributed by atoms with E-state index in [-0.39, 0.29) is 0 Å². The molecule has 0 saturated heterocycles. The number of H-pyrrole nitrogens is 1. The highest BCUT2D eigenvalue weighted by Gasteiger charge is 2.22. The fraction of sp³-hybridized carbons (Fsp3) is 0.222. The highest BCUT2D eigenvalue weighted by molar-refractivity contribution is 5.82. The van der Waals surface area contributed by atoms with Gasteiger partial charge in [0.1, 0.15) is 0 Å². The van der Waals surface area contributed by atoms with Crippen LogP contribution in [0.15, 0.2) is 54.7 Å². The number of fused-ring (bicyclic) bond motifs is 1. The highest BCUT2D eigenvalue weighted by Crippen LogP contribution is 2.39. The molecule has 0 bridgehead atoms. The Labute approximate surface area is 118 Å². The second-order valence-corrected chi connectivity index (χ2v) is 5.65. The molecular weight excluding hydrogens is 244 g/mol. The van der Waals surface area contributed by atoms with Crippen LogP contribution in [0.2, 0.25) is 0 Å². The molecule has 1 heterocycles. The third-order valence-electron chi connectivity index (χ3n) is 4.08. The van der Waals surface area contributed by atoms with Crippen LogP contribution < -0.4 is 5.32 Å². The molecule has 4 rings (SSSR count). The summed E-state index contributed by atoms with van der Waals surface area (Å²) in [6, 6.07) is 17.6. The van der Waals surface area contributed by atoms with Gasteiger partial charge in [-0.15, -0.1) is 0 Å². The number of aromatic amines is 1. The topological polar surface area (TPSA) is 27.8 Å². The second-order valence-electron chi connectivity index (χ2n) is 5.65. The van der Waals surface area contributed by atoms with Gasteiger partial charge >= 0.3 is 0 Å². The Bertz CT molecular complexity index is 721. The molecular formula is C18H18N2. The molecule has 1 saturated carbocycles. The van der Waals surface area contributed by atoms with Crippen LogP contribution in [0.5, 0.6) is 0 Å². The summed E-state index contributed by atoms with van der Waals surface area (Å²) in [7, 11) is 0. The molecule has 1 aliphatic carbocycles. The lowest BCUT2D eigenvalue weighted by Gasteiger charge is -2.07. The van der Waals surface area contributed by atoms with Gasteiger partial charge in [0.2, 0.25) is 0 Å². The van der Waals surface area contributed by atoms with Gasteiger partial charge in [0.25, 0.3) is 0 Å². The van der Waals surface area contributed by atoms with Crippen molar-refractivity contribution in [2.45, 2.75) is 25.3 Å². The van der Waals surface area contributed by atoms with E-state index in [4.69, 9.17) is 0 Å². The van der Waals surface area contributed by atoms with E-state index in [1.165, 1.54) is 40.6 Å². The Morgan fingerprint density at radius 1 is 1.00 bits per heavy atom. The van der Waals surface area contributed by atoms with E-state index in [1.807, 2.05) is 6.20 Å². The molecule has 1 fully saturated rings. The van der Waals surface area contributed by atoms with Crippen molar-refractivity contribution < 1.29 is 0 Å². The summed E-state index contributed by atoms with van der Waals surface area (Å²) in [5, 5.41) is 4.74. The molecule has 0 radical (unpaired) electrons. The molecule has 1 aliphatic rings. The molecule has 0 spiro atoms. The summed E-state index contributed by atoms with van der Waals surface area (Å²) in [5.74, 6) is 0.841. The first-order chi connectivity index (χ1) is 9.88. The molecule has 100 valence electrons. The van der Waals surface area contributed by atoms with Crippen molar-refractivity contribution in [3.05, 3.63) is 65.9 Å². The van der Waals surface area contributed by atoms with Gasteiger partial charge in [-0.3, -0.25) is 0 Å². The zero-order chi connectivity index (χ0) is 13.4. The Morgan fingerprint density at radius 3 is 2.65 bits per heavy atom. The van der Waals surface area contributed by atoms with Gasteiger partial charge in [0, 0.05) is 29.3 Å². The number of hydrogen-bond acceptors (Lipinski definition) is 1. The van der Waals surface area contributed by atoms with E-state index < -0.39 is 0 Å². The highest BCUT2D eigenvalue weighted by atomic mass is 14.9. The normalized spacial score (nSPS) is 14.6. The van der Waals surface area contributed by atoms with Crippen molar-refractivity contribution in [2.75, 3.05) is 5.32 Å². The van der Waals surface area contributed by atoms with Crippen molar-refractivity contribution in [3.63, 3.8) is 0 Å². The summed E-state index contributed by atoms with van der Waals surface area (Å²) in [5.41, 5.74) is 5.19. The fourth-order valence-corrected chi connectivity index (χ4v) is 2.69. The summed E-state index contributed by atoms with van der Waals surface area (Å²) < 4.78 is 0. The minimum Gasteiger partial charge on any atom is -0.381 e. The lowest BCUT2D eigenvalue weighted by atomic mass is 10.1. The Morgan fingerprint density at radius 2 is 1.85 bits per heavy atom. The number of aromatic nitrogens is 1. The third-order valence-corrected chi connectivity index (χ3v) is 4.08. The summed E-state index contributed by atoms with van der Waals surface area (Å²) in [6.45, 7) is 0.876. The SMILES string of the molecule is c1cc2cc(NCc3ccc(C4CC4)cc3)ccc2[nH]1. The third kappa shape index (κ3) is 2.29. The summed E-state index contributed by atoms with van der Waals surface area (Å²) >= 11 is 0. The van der Waals surface area contributed by atoms with E-state index >= 15 is 0 Å². The van der Waals surface area contributed by atoms with Crippen LogP contribution in [-0.4, -0.2) is 4.98 Å². The maximum absolute atomic E-state index is 3.49. The van der Waals surface area contributed by atoms with E-state index in [9.17, 15) is 0 Å². The molecule has 0 amide bonds. The van der Waals surface area contributed by atoms with Crippen molar-refractivity contribution >= 4 is 16.6 Å². The van der Waals surface area contributed by atoms with E-state index in [2.05, 4.69) is 58.8 Å². The molecule has 1 aromatic heterocycles. The number of rotatable bonds is 4. The van der Waals surface area contributed by atoms with Crippen LogP contribution in [-0.2, 0) is 6.54 Å². The minimum absolute atomic E-state index is 0.841. The zero-order valence-electron chi connectivity index (χ0n) is 11.4. The standard InChI is InChI=1S/C18H18N2/c1-3-14(15-5-6-15)4-2-13(1)12-20-17-7-8-18-16(11-17)9-10-19-18/h1-4,7-11,15,19-20H,5-6,12H2. The van der Waals surface area contributed by atoms with Crippen LogP contribution in [0, 0.1) is 0 Å². The van der Waals surface area contributed by atoms with Crippen molar-refractivity contribution in [3.8, 4) is 0 Å². The lowest BCUT2D eigenvalue weighted by molar-refractivity contribution is 1.10. The fourth-order valence-electron chi connectivity index (χ4n) is 2.69. The predicted molar refractivity (Wildman–Crippen MR) is 84.0 cm³/mol. The van der Waals surface area contributed by atoms with Crippen LogP contribution >= 0.6 is 0 Å². The zero-order valence-corrected chi connectivity index (χ0v) is 11.4. The molecule has 0 unspecified atom stereocenters. The average molecular weight is 262 g/mol. The number of nitrogens with one attached hydrogen (secondary N) is 2. The smallest absolute Gasteiger partial charge is 0.0455 e. The van der Waals surface area contributed by atoms with Gasteiger partial charge < -0.3 is 10.3 Å². The second kappa shape index (κ2) is 4.71. The molecule has 2 nitrogen and oxygen atoms in total. The molecule has 3 aromatic rings. The van der Waals surface area contributed by atoms with Gasteiger partial charge in [0.15, 0.2) is 0 Å². The van der Waals surface area contributed by atoms with Crippen LogP contribution in [0.3, 0.4) is 0 Å². The van der Waals surface area contributed by atoms with Crippen LogP contribution in [0.25, 0.3) is 10.9 Å². The van der Waals surface area contributed by atoms with Gasteiger partial charge in [-0.25, -0.2) is 0 Å². The van der Waals surface area contributed by atoms with Crippen molar-refractivity contribution in [2.24, 2.45) is 0 Å². The molecule has 20 heavy (non-hydrogen) atoms. The van der Waals surface area contributed by atoms with Crippen molar-refractivity contribution in [1.29, 1.82) is 0 Å². The van der Waals surface area contributed by atoms with Gasteiger partial charge in [-0.05, 0) is 54.2 Å². The maximum Gasteiger partial charge on any atom is 0.0455 e. The number of anilines is 1. The van der Waals surface area contributed by atoms with E-state index in [0.717, 1.165) is 12.5 Å². The largest absolute Gasteiger partial charge is 0.381 e. The number of benzene rings is 2. The number of hydrogen-bond donors (Lipinski definition) is 2. The minimum atomic E-state index is 0.841. The Kier molecular flexibility index (Phi) is 2.73. The maximum atomic E-state index is 3.49. The van der Waals surface area contributed by atoms with Crippen LogP contribution in [0.1, 0.15) is 29.9 Å². The lowest BCUT2D eigenvalue weighted by Crippen LogP contribution is -1.99. The van der Waals surface area contributed by atoms with Crippen molar-refractivity contribution in [1.82, 2.24) is 4.98 Å². The van der Waals surface area contributed by atoms with E-state index in [1.54, 1.807) is 0 Å². The molecule has 2 N–H and O–H groups in total. The first-order valence-corrected chi connectivity index (χ1v) is 7.28. The van der Waals surface area contributed by atoms with E-state index in [0.29, 0.717) is 0 Å². The summed E-state index contributed by atoms with van der Waals surface area (Å²) in [4.78, 5) is 3.22. The molecule has 2 aromatic carbocycles. The average Bonchev–Trinajstić information content (AvgIpc) is 3.23. The monoisotopic (exact) mass is 262 g/mol. The molecule has 2 heteroatoms. The van der Waals surface area contributed by atoms with Crippen LogP contribution in [0.4, 0.5) is 5.69 Å². The van der Waals surface area contributed by atoms with Gasteiger partial charge in [-0.2, -0.15) is 0 Å². The first kappa shape index (κ1) is 11.6.